The molecule has 0 fully saturated rings. The van der Waals surface area contributed by atoms with Gasteiger partial charge in [-0.2, -0.15) is 0 Å². The van der Waals surface area contributed by atoms with Gasteiger partial charge in [-0.3, -0.25) is 4.79 Å². The summed E-state index contributed by atoms with van der Waals surface area (Å²) < 4.78 is 10.1. The molecule has 0 aromatic heterocycles. The predicted octanol–water partition coefficient (Wildman–Crippen LogP) is 2.73. The van der Waals surface area contributed by atoms with E-state index >= 15 is 0 Å². The maximum atomic E-state index is 10.9. The molecule has 0 radical (unpaired) electrons. The minimum absolute atomic E-state index is 0.259. The third-order valence-electron chi connectivity index (χ3n) is 2.43. The number of rotatable bonds is 6. The monoisotopic (exact) mass is 272 g/mol. The first-order valence-electron chi connectivity index (χ1n) is 5.71. The summed E-state index contributed by atoms with van der Waals surface area (Å²) in [4.78, 5) is 10.9. The molecule has 0 amide bonds. The van der Waals surface area contributed by atoms with Gasteiger partial charge in [0.2, 0.25) is 0 Å². The molecule has 4 nitrogen and oxygen atoms in total. The number of halogens is 1. The van der Waals surface area contributed by atoms with Crippen LogP contribution in [0.25, 0.3) is 0 Å². The number of aliphatic hydroxyl groups excluding tert-OH is 1. The van der Waals surface area contributed by atoms with Gasteiger partial charge < -0.3 is 14.6 Å². The quantitative estimate of drug-likeness (QED) is 0.639. The van der Waals surface area contributed by atoms with E-state index in [9.17, 15) is 9.90 Å². The van der Waals surface area contributed by atoms with Crippen LogP contribution in [0.5, 0.6) is 5.75 Å². The van der Waals surface area contributed by atoms with Crippen molar-refractivity contribution in [3.8, 4) is 5.75 Å². The molecule has 0 saturated carbocycles. The summed E-state index contributed by atoms with van der Waals surface area (Å²) in [5, 5.41) is 10.1. The van der Waals surface area contributed by atoms with Crippen LogP contribution in [0.4, 0.5) is 0 Å². The van der Waals surface area contributed by atoms with Crippen LogP contribution in [-0.2, 0) is 9.53 Å². The molecule has 0 aliphatic heterocycles. The summed E-state index contributed by atoms with van der Waals surface area (Å²) in [6, 6.07) is 5.08. The molecule has 1 N–H and O–H groups in total. The van der Waals surface area contributed by atoms with Crippen LogP contribution in [-0.4, -0.2) is 24.8 Å². The fourth-order valence-electron chi connectivity index (χ4n) is 1.48. The van der Waals surface area contributed by atoms with Crippen LogP contribution in [0.1, 0.15) is 31.4 Å². The van der Waals surface area contributed by atoms with Crippen molar-refractivity contribution in [2.75, 3.05) is 13.7 Å². The van der Waals surface area contributed by atoms with Crippen molar-refractivity contribution in [3.05, 3.63) is 28.8 Å². The lowest BCUT2D eigenvalue weighted by atomic mass is 10.1. The summed E-state index contributed by atoms with van der Waals surface area (Å²) >= 11 is 5.85. The molecule has 0 spiro atoms. The van der Waals surface area contributed by atoms with E-state index in [0.717, 1.165) is 0 Å². The second kappa shape index (κ2) is 7.24. The SMILES string of the molecule is COC(=O)CCCOc1ccc(Cl)cc1[C@@H](C)O. The minimum Gasteiger partial charge on any atom is -0.493 e. The van der Waals surface area contributed by atoms with E-state index in [-0.39, 0.29) is 5.97 Å². The van der Waals surface area contributed by atoms with E-state index in [2.05, 4.69) is 4.74 Å². The first kappa shape index (κ1) is 14.8. The number of ether oxygens (including phenoxy) is 2. The smallest absolute Gasteiger partial charge is 0.305 e. The summed E-state index contributed by atoms with van der Waals surface area (Å²) in [5.74, 6) is 0.324. The molecule has 0 aliphatic carbocycles. The lowest BCUT2D eigenvalue weighted by Crippen LogP contribution is -2.06. The highest BCUT2D eigenvalue weighted by atomic mass is 35.5. The van der Waals surface area contributed by atoms with Gasteiger partial charge in [-0.05, 0) is 31.5 Å². The van der Waals surface area contributed by atoms with Gasteiger partial charge in [0.25, 0.3) is 0 Å². The molecule has 1 aromatic carbocycles. The zero-order valence-corrected chi connectivity index (χ0v) is 11.2. The normalized spacial score (nSPS) is 12.0. The number of benzene rings is 1. The van der Waals surface area contributed by atoms with Crippen molar-refractivity contribution in [2.45, 2.75) is 25.9 Å². The van der Waals surface area contributed by atoms with E-state index in [0.29, 0.717) is 35.8 Å². The molecule has 0 saturated heterocycles. The van der Waals surface area contributed by atoms with Gasteiger partial charge in [0, 0.05) is 17.0 Å². The van der Waals surface area contributed by atoms with Crippen LogP contribution < -0.4 is 4.74 Å². The zero-order valence-electron chi connectivity index (χ0n) is 10.5. The van der Waals surface area contributed by atoms with Gasteiger partial charge in [0.05, 0.1) is 19.8 Å². The van der Waals surface area contributed by atoms with Gasteiger partial charge in [0.15, 0.2) is 0 Å². The Bertz CT molecular complexity index is 404. The number of esters is 1. The van der Waals surface area contributed by atoms with E-state index in [1.54, 1.807) is 25.1 Å². The average Bonchev–Trinajstić information content (AvgIpc) is 2.35. The Morgan fingerprint density at radius 2 is 2.22 bits per heavy atom. The number of hydrogen-bond acceptors (Lipinski definition) is 4. The average molecular weight is 273 g/mol. The highest BCUT2D eigenvalue weighted by molar-refractivity contribution is 6.30. The Balaban J connectivity index is 2.54. The highest BCUT2D eigenvalue weighted by Crippen LogP contribution is 2.28. The van der Waals surface area contributed by atoms with Gasteiger partial charge in [-0.15, -0.1) is 0 Å². The first-order chi connectivity index (χ1) is 8.54. The Morgan fingerprint density at radius 3 is 2.83 bits per heavy atom. The lowest BCUT2D eigenvalue weighted by Gasteiger charge is -2.13. The van der Waals surface area contributed by atoms with Crippen molar-refractivity contribution in [1.82, 2.24) is 0 Å². The fraction of sp³-hybridized carbons (Fsp3) is 0.462. The Morgan fingerprint density at radius 1 is 1.50 bits per heavy atom. The summed E-state index contributed by atoms with van der Waals surface area (Å²) in [5.41, 5.74) is 0.639. The van der Waals surface area contributed by atoms with Crippen molar-refractivity contribution >= 4 is 17.6 Å². The van der Waals surface area contributed by atoms with Gasteiger partial charge in [-0.25, -0.2) is 0 Å². The van der Waals surface area contributed by atoms with Crippen LogP contribution in [0.3, 0.4) is 0 Å². The van der Waals surface area contributed by atoms with E-state index < -0.39 is 6.10 Å². The lowest BCUT2D eigenvalue weighted by molar-refractivity contribution is -0.140. The Hall–Kier alpha value is -1.26. The molecule has 1 aromatic rings. The van der Waals surface area contributed by atoms with E-state index in [1.165, 1.54) is 7.11 Å². The number of carbonyl (C=O) groups is 1. The summed E-state index contributed by atoms with van der Waals surface area (Å²) in [7, 11) is 1.36. The largest absolute Gasteiger partial charge is 0.493 e. The molecule has 1 rings (SSSR count). The number of methoxy groups -OCH3 is 1. The van der Waals surface area contributed by atoms with Crippen molar-refractivity contribution in [3.63, 3.8) is 0 Å². The fourth-order valence-corrected chi connectivity index (χ4v) is 1.66. The molecular weight excluding hydrogens is 256 g/mol. The Kier molecular flexibility index (Phi) is 5.95. The van der Waals surface area contributed by atoms with Crippen molar-refractivity contribution in [2.24, 2.45) is 0 Å². The molecule has 0 aliphatic rings. The maximum Gasteiger partial charge on any atom is 0.305 e. The third kappa shape index (κ3) is 4.55. The molecule has 18 heavy (non-hydrogen) atoms. The first-order valence-corrected chi connectivity index (χ1v) is 6.09. The van der Waals surface area contributed by atoms with Crippen LogP contribution in [0.15, 0.2) is 18.2 Å². The molecule has 0 unspecified atom stereocenters. The highest BCUT2D eigenvalue weighted by Gasteiger charge is 2.10. The third-order valence-corrected chi connectivity index (χ3v) is 2.67. The van der Waals surface area contributed by atoms with Crippen LogP contribution in [0, 0.1) is 0 Å². The zero-order chi connectivity index (χ0) is 13.5. The number of carbonyl (C=O) groups excluding carboxylic acids is 1. The summed E-state index contributed by atoms with van der Waals surface area (Å²) in [6.45, 7) is 2.03. The van der Waals surface area contributed by atoms with E-state index in [1.807, 2.05) is 0 Å². The molecular formula is C13H17ClO4. The Labute approximate surface area is 111 Å². The number of aliphatic hydroxyl groups is 1. The minimum atomic E-state index is -0.653. The maximum absolute atomic E-state index is 10.9. The molecule has 1 atom stereocenters. The predicted molar refractivity (Wildman–Crippen MR) is 68.8 cm³/mol. The van der Waals surface area contributed by atoms with Crippen molar-refractivity contribution < 1.29 is 19.4 Å². The van der Waals surface area contributed by atoms with E-state index in [4.69, 9.17) is 16.3 Å². The molecule has 0 bridgehead atoms. The van der Waals surface area contributed by atoms with Crippen molar-refractivity contribution in [1.29, 1.82) is 0 Å². The van der Waals surface area contributed by atoms with Crippen LogP contribution in [0.2, 0.25) is 5.02 Å². The second-order valence-corrected chi connectivity index (χ2v) is 4.32. The topological polar surface area (TPSA) is 55.8 Å². The summed E-state index contributed by atoms with van der Waals surface area (Å²) in [6.07, 6.45) is 0.224. The van der Waals surface area contributed by atoms with Gasteiger partial charge in [0.1, 0.15) is 5.75 Å². The second-order valence-electron chi connectivity index (χ2n) is 3.89. The molecule has 0 heterocycles. The molecule has 100 valence electrons. The van der Waals surface area contributed by atoms with Gasteiger partial charge in [-0.1, -0.05) is 11.6 Å². The van der Waals surface area contributed by atoms with Gasteiger partial charge >= 0.3 is 5.97 Å². The number of hydrogen-bond donors (Lipinski definition) is 1. The van der Waals surface area contributed by atoms with Crippen LogP contribution >= 0.6 is 11.6 Å². The standard InChI is InChI=1S/C13H17ClO4/c1-9(15)11-8-10(14)5-6-12(11)18-7-3-4-13(16)17-2/h5-6,8-9,15H,3-4,7H2,1-2H3/t9-/m1/s1. The molecule has 5 heteroatoms.